The van der Waals surface area contributed by atoms with E-state index in [-0.39, 0.29) is 42.0 Å². The summed E-state index contributed by atoms with van der Waals surface area (Å²) >= 11 is 6.57. The Kier molecular flexibility index (Phi) is 8.98. The highest BCUT2D eigenvalue weighted by Crippen LogP contribution is 2.51. The third-order valence-electron chi connectivity index (χ3n) is 11.9. The van der Waals surface area contributed by atoms with Crippen LogP contribution in [0.4, 0.5) is 27.7 Å². The number of nitrogens with one attached hydrogen (secondary N) is 2. The van der Waals surface area contributed by atoms with E-state index in [0.717, 1.165) is 66.0 Å². The maximum Gasteiger partial charge on any atom is 0.328 e. The van der Waals surface area contributed by atoms with E-state index in [1.165, 1.54) is 15.6 Å². The number of nitrogens with zero attached hydrogens (tertiary/aromatic N) is 7. The fourth-order valence-corrected chi connectivity index (χ4v) is 8.99. The van der Waals surface area contributed by atoms with Crippen LogP contribution in [0.2, 0.25) is 5.02 Å². The first-order valence-corrected chi connectivity index (χ1v) is 19.5. The van der Waals surface area contributed by atoms with Gasteiger partial charge in [-0.2, -0.15) is 0 Å². The Morgan fingerprint density at radius 3 is 2.47 bits per heavy atom. The third kappa shape index (κ3) is 6.45. The molecule has 2 aromatic carbocycles. The molecule has 15 nitrogen and oxygen atoms in total. The van der Waals surface area contributed by atoms with E-state index in [2.05, 4.69) is 32.7 Å². The highest BCUT2D eigenvalue weighted by Gasteiger charge is 2.48. The van der Waals surface area contributed by atoms with Gasteiger partial charge in [0.25, 0.3) is 11.8 Å². The van der Waals surface area contributed by atoms with Gasteiger partial charge in [0.1, 0.15) is 11.4 Å². The van der Waals surface area contributed by atoms with Gasteiger partial charge in [-0.25, -0.2) is 14.3 Å². The molecule has 3 fully saturated rings. The van der Waals surface area contributed by atoms with Gasteiger partial charge in [-0.1, -0.05) is 23.7 Å². The molecule has 2 saturated heterocycles. The standard InChI is InChI=1S/C41H41ClN10O5/c1-23-16-24(17-32(36(23)42)51-13-9-35(53)47-40(51)56)39(55)49-14-10-41(11-15-49)19-26(20-41)57-25-6-7-29(45-21-25)27-4-3-5-31-28(27)8-12-50(31)34-18-30(44-2)38-46-22-33(37(43)54)52(38)48-34/h3-7,16-18,21-22,26,44H,8-15,19-20H2,1-2H3,(H2,43,54)(H,47,53,56). The molecule has 5 aromatic rings. The molecular formula is C41H41ClN10O5. The number of carbonyl (C=O) groups excluding carboxylic acids is 4. The predicted molar refractivity (Wildman–Crippen MR) is 214 cm³/mol. The van der Waals surface area contributed by atoms with Crippen LogP contribution in [0.5, 0.6) is 5.75 Å². The van der Waals surface area contributed by atoms with Crippen molar-refractivity contribution in [3.8, 4) is 17.0 Å². The molecule has 57 heavy (non-hydrogen) atoms. The minimum atomic E-state index is -0.600. The number of rotatable bonds is 8. The average Bonchev–Trinajstić information content (AvgIpc) is 3.84. The van der Waals surface area contributed by atoms with E-state index >= 15 is 0 Å². The van der Waals surface area contributed by atoms with E-state index in [1.807, 2.05) is 36.1 Å². The summed E-state index contributed by atoms with van der Waals surface area (Å²) in [5, 5.41) is 10.6. The van der Waals surface area contributed by atoms with Crippen LogP contribution in [0.1, 0.15) is 64.1 Å². The smallest absolute Gasteiger partial charge is 0.328 e. The monoisotopic (exact) mass is 788 g/mol. The van der Waals surface area contributed by atoms with E-state index in [0.29, 0.717) is 52.9 Å². The van der Waals surface area contributed by atoms with Crippen molar-refractivity contribution in [2.75, 3.05) is 48.3 Å². The fourth-order valence-electron chi connectivity index (χ4n) is 8.78. The topological polar surface area (TPSA) is 180 Å². The number of benzene rings is 2. The van der Waals surface area contributed by atoms with Crippen LogP contribution >= 0.6 is 11.6 Å². The summed E-state index contributed by atoms with van der Waals surface area (Å²) in [7, 11) is 1.80. The van der Waals surface area contributed by atoms with Gasteiger partial charge >= 0.3 is 6.03 Å². The number of amides is 5. The predicted octanol–water partition coefficient (Wildman–Crippen LogP) is 5.50. The molecule has 5 amide bonds. The van der Waals surface area contributed by atoms with Crippen LogP contribution in [-0.4, -0.2) is 87.6 Å². The lowest BCUT2D eigenvalue weighted by molar-refractivity contribution is -0.120. The van der Waals surface area contributed by atoms with Gasteiger partial charge in [0.2, 0.25) is 5.91 Å². The van der Waals surface area contributed by atoms with Crippen molar-refractivity contribution in [3.63, 3.8) is 0 Å². The number of likely N-dealkylation sites (tertiary alicyclic amines) is 1. The Hall–Kier alpha value is -6.22. The number of hydrogen-bond acceptors (Lipinski definition) is 10. The molecule has 0 radical (unpaired) electrons. The number of aromatic nitrogens is 4. The van der Waals surface area contributed by atoms with Gasteiger partial charge in [-0.3, -0.25) is 29.6 Å². The Labute approximate surface area is 333 Å². The van der Waals surface area contributed by atoms with Crippen LogP contribution in [0.15, 0.2) is 60.9 Å². The molecule has 3 aliphatic heterocycles. The number of fused-ring (bicyclic) bond motifs is 2. The van der Waals surface area contributed by atoms with Crippen LogP contribution < -0.4 is 30.9 Å². The normalized spacial score (nSPS) is 17.8. The van der Waals surface area contributed by atoms with Gasteiger partial charge in [-0.05, 0) is 85.9 Å². The zero-order chi connectivity index (χ0) is 39.6. The maximum atomic E-state index is 13.7. The second-order valence-corrected chi connectivity index (χ2v) is 15.7. The molecule has 4 N–H and O–H groups in total. The molecule has 1 aliphatic carbocycles. The number of aryl methyl sites for hydroxylation is 1. The Balaban J connectivity index is 0.825. The van der Waals surface area contributed by atoms with Crippen molar-refractivity contribution in [3.05, 3.63) is 88.3 Å². The molecule has 1 spiro atoms. The van der Waals surface area contributed by atoms with E-state index in [1.54, 1.807) is 25.4 Å². The number of ether oxygens (including phenoxy) is 1. The van der Waals surface area contributed by atoms with Crippen LogP contribution in [0.25, 0.3) is 16.9 Å². The molecule has 3 aromatic heterocycles. The minimum Gasteiger partial charge on any atom is -0.489 e. The Morgan fingerprint density at radius 2 is 1.75 bits per heavy atom. The first kappa shape index (κ1) is 36.4. The third-order valence-corrected chi connectivity index (χ3v) is 12.3. The summed E-state index contributed by atoms with van der Waals surface area (Å²) in [6, 6.07) is 15.0. The van der Waals surface area contributed by atoms with Gasteiger partial charge in [0.05, 0.1) is 40.6 Å². The number of anilines is 4. The second-order valence-electron chi connectivity index (χ2n) is 15.3. The number of urea groups is 1. The number of primary amides is 1. The molecule has 0 atom stereocenters. The lowest BCUT2D eigenvalue weighted by Gasteiger charge is -2.51. The second kappa shape index (κ2) is 14.1. The van der Waals surface area contributed by atoms with Crippen molar-refractivity contribution < 1.29 is 23.9 Å². The Bertz CT molecular complexity index is 2470. The quantitative estimate of drug-likeness (QED) is 0.182. The van der Waals surface area contributed by atoms with Gasteiger partial charge in [-0.15, -0.1) is 5.10 Å². The molecule has 1 saturated carbocycles. The van der Waals surface area contributed by atoms with Crippen molar-refractivity contribution in [2.24, 2.45) is 11.1 Å². The minimum absolute atomic E-state index is 0.0800. The van der Waals surface area contributed by atoms with Crippen LogP contribution in [0.3, 0.4) is 0 Å². The number of halogens is 1. The fraction of sp³-hybridized carbons (Fsp3) is 0.341. The highest BCUT2D eigenvalue weighted by atomic mass is 35.5. The molecule has 0 bridgehead atoms. The lowest BCUT2D eigenvalue weighted by Crippen LogP contribution is -2.52. The summed E-state index contributed by atoms with van der Waals surface area (Å²) in [6.45, 7) is 3.99. The number of imidazole rings is 1. The number of imide groups is 1. The summed E-state index contributed by atoms with van der Waals surface area (Å²) in [5.41, 5.74) is 12.9. The summed E-state index contributed by atoms with van der Waals surface area (Å²) in [5.74, 6) is 0.375. The SMILES string of the molecule is CNc1cc(N2CCc3c(-c4ccc(OC5CC6(CCN(C(=O)c7cc(C)c(Cl)c(N8CCC(=O)NC8=O)c7)CC6)C5)cn4)cccc32)nn2c(C(N)=O)cnc12. The number of piperidine rings is 1. The zero-order valence-electron chi connectivity index (χ0n) is 31.5. The molecule has 0 unspecified atom stereocenters. The molecule has 4 aliphatic rings. The highest BCUT2D eigenvalue weighted by molar-refractivity contribution is 6.35. The lowest BCUT2D eigenvalue weighted by atomic mass is 9.61. The van der Waals surface area contributed by atoms with Crippen molar-refractivity contribution in [1.29, 1.82) is 0 Å². The van der Waals surface area contributed by atoms with Gasteiger partial charge in [0.15, 0.2) is 11.5 Å². The average molecular weight is 789 g/mol. The number of carbonyl (C=O) groups is 4. The van der Waals surface area contributed by atoms with Crippen molar-refractivity contribution in [2.45, 2.75) is 51.6 Å². The van der Waals surface area contributed by atoms with E-state index in [4.69, 9.17) is 32.2 Å². The van der Waals surface area contributed by atoms with Crippen molar-refractivity contribution >= 4 is 63.9 Å². The summed E-state index contributed by atoms with van der Waals surface area (Å²) < 4.78 is 7.88. The van der Waals surface area contributed by atoms with Crippen molar-refractivity contribution in [1.82, 2.24) is 29.8 Å². The summed E-state index contributed by atoms with van der Waals surface area (Å²) in [4.78, 5) is 64.6. The van der Waals surface area contributed by atoms with Crippen LogP contribution in [0, 0.1) is 12.3 Å². The first-order valence-electron chi connectivity index (χ1n) is 19.1. The van der Waals surface area contributed by atoms with E-state index < -0.39 is 11.9 Å². The largest absolute Gasteiger partial charge is 0.489 e. The van der Waals surface area contributed by atoms with E-state index in [9.17, 15) is 19.2 Å². The van der Waals surface area contributed by atoms with Gasteiger partial charge in [0, 0.05) is 62.5 Å². The Morgan fingerprint density at radius 1 is 0.965 bits per heavy atom. The van der Waals surface area contributed by atoms with Crippen LogP contribution in [-0.2, 0) is 11.2 Å². The molecule has 6 heterocycles. The molecule has 16 heteroatoms. The van der Waals surface area contributed by atoms with Gasteiger partial charge < -0.3 is 25.6 Å². The molecular weight excluding hydrogens is 748 g/mol. The molecule has 9 rings (SSSR count). The number of nitrogens with two attached hydrogens (primary N) is 1. The first-order chi connectivity index (χ1) is 27.5. The molecule has 292 valence electrons. The summed E-state index contributed by atoms with van der Waals surface area (Å²) in [6.07, 6.45) is 7.88. The number of hydrogen-bond donors (Lipinski definition) is 3. The maximum absolute atomic E-state index is 13.7. The number of pyridine rings is 1. The zero-order valence-corrected chi connectivity index (χ0v) is 32.3.